The molecule has 3 aromatic rings. The van der Waals surface area contributed by atoms with E-state index in [0.29, 0.717) is 37.2 Å². The summed E-state index contributed by atoms with van der Waals surface area (Å²) in [7, 11) is 1.56. The maximum atomic E-state index is 12.4. The highest BCUT2D eigenvalue weighted by atomic mass is 16.5. The van der Waals surface area contributed by atoms with Crippen molar-refractivity contribution in [3.05, 3.63) is 66.4 Å². The average Bonchev–Trinajstić information content (AvgIpc) is 3.42. The zero-order valence-corrected chi connectivity index (χ0v) is 16.9. The third-order valence-corrected chi connectivity index (χ3v) is 5.15. The Morgan fingerprint density at radius 1 is 1.13 bits per heavy atom. The largest absolute Gasteiger partial charge is 0.494 e. The molecule has 6 heteroatoms. The fourth-order valence-electron chi connectivity index (χ4n) is 3.61. The highest BCUT2D eigenvalue weighted by Gasteiger charge is 2.24. The third kappa shape index (κ3) is 4.38. The summed E-state index contributed by atoms with van der Waals surface area (Å²) in [4.78, 5) is 26.1. The first-order valence-electron chi connectivity index (χ1n) is 10.1. The van der Waals surface area contributed by atoms with Gasteiger partial charge in [0.25, 0.3) is 0 Å². The van der Waals surface area contributed by atoms with Crippen LogP contribution in [-0.4, -0.2) is 25.5 Å². The van der Waals surface area contributed by atoms with Crippen LogP contribution in [0.4, 0.5) is 11.4 Å². The number of hydrogen-bond donors (Lipinski definition) is 1. The van der Waals surface area contributed by atoms with Gasteiger partial charge in [-0.05, 0) is 30.7 Å². The van der Waals surface area contributed by atoms with Crippen LogP contribution in [0.5, 0.6) is 5.75 Å². The Kier molecular flexibility index (Phi) is 5.84. The van der Waals surface area contributed by atoms with Crippen molar-refractivity contribution in [2.75, 3.05) is 23.9 Å². The average molecular weight is 404 g/mol. The molecular formula is C24H24N2O4. The number of furan rings is 1. The number of hydrogen-bond acceptors (Lipinski definition) is 4. The van der Waals surface area contributed by atoms with E-state index in [1.807, 2.05) is 48.5 Å². The van der Waals surface area contributed by atoms with E-state index in [2.05, 4.69) is 5.32 Å². The van der Waals surface area contributed by atoms with E-state index in [-0.39, 0.29) is 11.8 Å². The number of nitrogens with one attached hydrogen (secondary N) is 1. The van der Waals surface area contributed by atoms with Crippen LogP contribution in [0.1, 0.15) is 25.0 Å². The number of rotatable bonds is 7. The first kappa shape index (κ1) is 19.8. The second kappa shape index (κ2) is 8.86. The number of benzene rings is 2. The molecule has 0 radical (unpaired) electrons. The summed E-state index contributed by atoms with van der Waals surface area (Å²) >= 11 is 0. The van der Waals surface area contributed by atoms with Crippen molar-refractivity contribution >= 4 is 23.2 Å². The second-order valence-electron chi connectivity index (χ2n) is 7.22. The zero-order valence-electron chi connectivity index (χ0n) is 16.9. The standard InChI is InChI=1S/C24H24N2O4/c1-29-22-16-18(9-12-20(22)26-15-5-8-24(26)28)25-23(27)14-11-19-10-13-21(30-19)17-6-3-2-4-7-17/h2-4,6-7,9-10,12-13,16H,5,8,11,14-15H2,1H3,(H,25,27). The van der Waals surface area contributed by atoms with Gasteiger partial charge in [-0.1, -0.05) is 30.3 Å². The molecule has 2 aromatic carbocycles. The van der Waals surface area contributed by atoms with Gasteiger partial charge < -0.3 is 19.4 Å². The van der Waals surface area contributed by atoms with Crippen molar-refractivity contribution in [3.63, 3.8) is 0 Å². The number of methoxy groups -OCH3 is 1. The molecule has 0 atom stereocenters. The van der Waals surface area contributed by atoms with E-state index in [1.165, 1.54) is 0 Å². The molecule has 4 rings (SSSR count). The van der Waals surface area contributed by atoms with Crippen molar-refractivity contribution in [1.29, 1.82) is 0 Å². The Morgan fingerprint density at radius 3 is 2.70 bits per heavy atom. The Balaban J connectivity index is 1.36. The number of anilines is 2. The molecule has 6 nitrogen and oxygen atoms in total. The van der Waals surface area contributed by atoms with Crippen molar-refractivity contribution in [3.8, 4) is 17.1 Å². The molecule has 0 bridgehead atoms. The molecular weight excluding hydrogens is 380 g/mol. The smallest absolute Gasteiger partial charge is 0.227 e. The normalized spacial score (nSPS) is 13.5. The van der Waals surface area contributed by atoms with Crippen molar-refractivity contribution in [2.24, 2.45) is 0 Å². The number of carbonyl (C=O) groups excluding carboxylic acids is 2. The molecule has 0 unspecified atom stereocenters. The SMILES string of the molecule is COc1cc(NC(=O)CCc2ccc(-c3ccccc3)o2)ccc1N1CCCC1=O. The van der Waals surface area contributed by atoms with Crippen LogP contribution in [0.15, 0.2) is 65.1 Å². The van der Waals surface area contributed by atoms with Crippen LogP contribution in [0.2, 0.25) is 0 Å². The molecule has 1 saturated heterocycles. The maximum absolute atomic E-state index is 12.4. The molecule has 1 aliphatic heterocycles. The number of amides is 2. The zero-order chi connectivity index (χ0) is 20.9. The minimum atomic E-state index is -0.111. The summed E-state index contributed by atoms with van der Waals surface area (Å²) in [6.07, 6.45) is 2.21. The van der Waals surface area contributed by atoms with E-state index < -0.39 is 0 Å². The molecule has 30 heavy (non-hydrogen) atoms. The molecule has 0 aliphatic carbocycles. The van der Waals surface area contributed by atoms with Gasteiger partial charge >= 0.3 is 0 Å². The van der Waals surface area contributed by atoms with Gasteiger partial charge in [0.15, 0.2) is 0 Å². The molecule has 1 aliphatic rings. The van der Waals surface area contributed by atoms with E-state index in [0.717, 1.165) is 29.2 Å². The lowest BCUT2D eigenvalue weighted by Gasteiger charge is -2.19. The summed E-state index contributed by atoms with van der Waals surface area (Å²) in [5.41, 5.74) is 2.38. The van der Waals surface area contributed by atoms with E-state index in [9.17, 15) is 9.59 Å². The minimum absolute atomic E-state index is 0.0957. The molecule has 154 valence electrons. The summed E-state index contributed by atoms with van der Waals surface area (Å²) in [5.74, 6) is 2.12. The molecule has 0 saturated carbocycles. The third-order valence-electron chi connectivity index (χ3n) is 5.15. The van der Waals surface area contributed by atoms with Crippen LogP contribution in [0.3, 0.4) is 0 Å². The first-order chi connectivity index (χ1) is 14.6. The minimum Gasteiger partial charge on any atom is -0.494 e. The van der Waals surface area contributed by atoms with Gasteiger partial charge in [0.2, 0.25) is 11.8 Å². The van der Waals surface area contributed by atoms with E-state index >= 15 is 0 Å². The van der Waals surface area contributed by atoms with Crippen LogP contribution < -0.4 is 15.0 Å². The molecule has 1 fully saturated rings. The molecule has 0 spiro atoms. The van der Waals surface area contributed by atoms with Crippen LogP contribution in [-0.2, 0) is 16.0 Å². The van der Waals surface area contributed by atoms with E-state index in [4.69, 9.17) is 9.15 Å². The van der Waals surface area contributed by atoms with Gasteiger partial charge in [0.1, 0.15) is 17.3 Å². The monoisotopic (exact) mass is 404 g/mol. The molecule has 1 aromatic heterocycles. The fraction of sp³-hybridized carbons (Fsp3) is 0.250. The second-order valence-corrected chi connectivity index (χ2v) is 7.22. The lowest BCUT2D eigenvalue weighted by Crippen LogP contribution is -2.24. The highest BCUT2D eigenvalue weighted by molar-refractivity contribution is 5.98. The Hall–Kier alpha value is -3.54. The molecule has 2 heterocycles. The Morgan fingerprint density at radius 2 is 1.97 bits per heavy atom. The number of ether oxygens (including phenoxy) is 1. The van der Waals surface area contributed by atoms with E-state index in [1.54, 1.807) is 24.1 Å². The van der Waals surface area contributed by atoms with Gasteiger partial charge in [-0.25, -0.2) is 0 Å². The first-order valence-corrected chi connectivity index (χ1v) is 10.1. The van der Waals surface area contributed by atoms with Gasteiger partial charge in [0, 0.05) is 43.1 Å². The van der Waals surface area contributed by atoms with Gasteiger partial charge in [-0.3, -0.25) is 9.59 Å². The predicted octanol–water partition coefficient (Wildman–Crippen LogP) is 4.65. The summed E-state index contributed by atoms with van der Waals surface area (Å²) in [6, 6.07) is 19.0. The molecule has 1 N–H and O–H groups in total. The van der Waals surface area contributed by atoms with Gasteiger partial charge in [-0.15, -0.1) is 0 Å². The van der Waals surface area contributed by atoms with Crippen LogP contribution >= 0.6 is 0 Å². The summed E-state index contributed by atoms with van der Waals surface area (Å²) in [5, 5.41) is 2.89. The topological polar surface area (TPSA) is 71.8 Å². The Labute approximate surface area is 175 Å². The fourth-order valence-corrected chi connectivity index (χ4v) is 3.61. The van der Waals surface area contributed by atoms with Crippen molar-refractivity contribution < 1.29 is 18.7 Å². The maximum Gasteiger partial charge on any atom is 0.227 e. The van der Waals surface area contributed by atoms with Gasteiger partial charge in [0.05, 0.1) is 12.8 Å². The lowest BCUT2D eigenvalue weighted by atomic mass is 10.2. The van der Waals surface area contributed by atoms with Crippen molar-refractivity contribution in [1.82, 2.24) is 0 Å². The van der Waals surface area contributed by atoms with Crippen molar-refractivity contribution in [2.45, 2.75) is 25.7 Å². The Bertz CT molecular complexity index is 1040. The lowest BCUT2D eigenvalue weighted by molar-refractivity contribution is -0.117. The molecule has 2 amide bonds. The number of nitrogens with zero attached hydrogens (tertiary/aromatic N) is 1. The predicted molar refractivity (Wildman–Crippen MR) is 116 cm³/mol. The van der Waals surface area contributed by atoms with Crippen LogP contribution in [0, 0.1) is 0 Å². The summed E-state index contributed by atoms with van der Waals surface area (Å²) < 4.78 is 11.3. The quantitative estimate of drug-likeness (QED) is 0.622. The van der Waals surface area contributed by atoms with Gasteiger partial charge in [-0.2, -0.15) is 0 Å². The highest BCUT2D eigenvalue weighted by Crippen LogP contribution is 2.34. The number of aryl methyl sites for hydroxylation is 1. The summed E-state index contributed by atoms with van der Waals surface area (Å²) in [6.45, 7) is 0.689. The van der Waals surface area contributed by atoms with Crippen LogP contribution in [0.25, 0.3) is 11.3 Å². The number of carbonyl (C=O) groups is 2.